The van der Waals surface area contributed by atoms with Gasteiger partial charge in [0.2, 0.25) is 0 Å². The highest BCUT2D eigenvalue weighted by Crippen LogP contribution is 2.38. The zero-order valence-corrected chi connectivity index (χ0v) is 13.8. The van der Waals surface area contributed by atoms with Crippen LogP contribution in [-0.4, -0.2) is 31.1 Å². The van der Waals surface area contributed by atoms with Crippen molar-refractivity contribution in [3.63, 3.8) is 0 Å². The molecule has 0 bridgehead atoms. The van der Waals surface area contributed by atoms with Gasteiger partial charge in [-0.25, -0.2) is 4.39 Å². The molecule has 2 aliphatic heterocycles. The zero-order valence-electron chi connectivity index (χ0n) is 13.8. The monoisotopic (exact) mass is 323 g/mol. The number of ether oxygens (including phenoxy) is 1. The Balaban J connectivity index is 1.80. The predicted octanol–water partition coefficient (Wildman–Crippen LogP) is 4.51. The van der Waals surface area contributed by atoms with Crippen LogP contribution in [0.1, 0.15) is 30.4 Å². The van der Waals surface area contributed by atoms with E-state index in [0.29, 0.717) is 12.2 Å². The van der Waals surface area contributed by atoms with E-state index in [9.17, 15) is 4.39 Å². The number of para-hydroxylation sites is 1. The summed E-state index contributed by atoms with van der Waals surface area (Å²) in [4.78, 5) is 2.47. The summed E-state index contributed by atoms with van der Waals surface area (Å²) in [5, 5.41) is 0. The van der Waals surface area contributed by atoms with E-state index >= 15 is 0 Å². The molecule has 2 heterocycles. The van der Waals surface area contributed by atoms with Crippen LogP contribution in [0.2, 0.25) is 0 Å². The number of rotatable bonds is 3. The molecule has 1 saturated heterocycles. The summed E-state index contributed by atoms with van der Waals surface area (Å²) in [7, 11) is 0. The van der Waals surface area contributed by atoms with Gasteiger partial charge < -0.3 is 4.74 Å². The molecule has 0 aliphatic carbocycles. The molecule has 0 N–H and O–H groups in total. The van der Waals surface area contributed by atoms with Crippen molar-refractivity contribution in [2.75, 3.05) is 26.2 Å². The molecule has 2 nitrogen and oxygen atoms in total. The first-order valence-electron chi connectivity index (χ1n) is 8.74. The lowest BCUT2D eigenvalue weighted by atomic mass is 9.90. The summed E-state index contributed by atoms with van der Waals surface area (Å²) in [6.07, 6.45) is 3.81. The fourth-order valence-electron chi connectivity index (χ4n) is 3.74. The lowest BCUT2D eigenvalue weighted by molar-refractivity contribution is 0.234. The van der Waals surface area contributed by atoms with Gasteiger partial charge in [-0.1, -0.05) is 42.8 Å². The topological polar surface area (TPSA) is 12.5 Å². The number of halogens is 1. The standard InChI is InChI=1S/C21H22FNO/c22-19-10-4-2-8-17(19)21-16(14-23-12-6-1-7-13-23)15-24-20-11-5-3-9-18(20)21/h2-5,8-11H,1,6-7,12-15H2. The van der Waals surface area contributed by atoms with E-state index in [4.69, 9.17) is 4.74 Å². The Bertz CT molecular complexity index is 762. The van der Waals surface area contributed by atoms with Crippen molar-refractivity contribution < 1.29 is 9.13 Å². The second kappa shape index (κ2) is 6.78. The Labute approximate surface area is 142 Å². The maximum absolute atomic E-state index is 14.5. The third-order valence-electron chi connectivity index (χ3n) is 4.92. The number of piperidine rings is 1. The van der Waals surface area contributed by atoms with Crippen LogP contribution in [0.4, 0.5) is 4.39 Å². The lowest BCUT2D eigenvalue weighted by Crippen LogP contribution is -2.33. The minimum Gasteiger partial charge on any atom is -0.489 e. The molecule has 4 rings (SSSR count). The number of fused-ring (bicyclic) bond motifs is 1. The SMILES string of the molecule is Fc1ccccc1C1=C(CN2CCCCC2)COc2ccccc21. The molecule has 0 spiro atoms. The van der Waals surface area contributed by atoms with E-state index in [-0.39, 0.29) is 5.82 Å². The average molecular weight is 323 g/mol. The van der Waals surface area contributed by atoms with Crippen LogP contribution in [0, 0.1) is 5.82 Å². The van der Waals surface area contributed by atoms with E-state index in [1.54, 1.807) is 12.1 Å². The average Bonchev–Trinajstić information content (AvgIpc) is 2.63. The molecule has 0 amide bonds. The van der Waals surface area contributed by atoms with Crippen LogP contribution < -0.4 is 4.74 Å². The maximum Gasteiger partial charge on any atom is 0.131 e. The van der Waals surface area contributed by atoms with Crippen molar-refractivity contribution in [2.45, 2.75) is 19.3 Å². The molecule has 0 atom stereocenters. The van der Waals surface area contributed by atoms with Gasteiger partial charge in [0, 0.05) is 17.7 Å². The van der Waals surface area contributed by atoms with Gasteiger partial charge in [0.1, 0.15) is 18.2 Å². The second-order valence-corrected chi connectivity index (χ2v) is 6.58. The van der Waals surface area contributed by atoms with Crippen LogP contribution in [0.25, 0.3) is 5.57 Å². The van der Waals surface area contributed by atoms with Crippen molar-refractivity contribution in [3.05, 3.63) is 71.0 Å². The quantitative estimate of drug-likeness (QED) is 0.824. The van der Waals surface area contributed by atoms with E-state index in [1.165, 1.54) is 24.8 Å². The first-order valence-corrected chi connectivity index (χ1v) is 8.74. The van der Waals surface area contributed by atoms with Crippen LogP contribution in [-0.2, 0) is 0 Å². The van der Waals surface area contributed by atoms with Crippen molar-refractivity contribution in [3.8, 4) is 5.75 Å². The summed E-state index contributed by atoms with van der Waals surface area (Å²) < 4.78 is 20.5. The van der Waals surface area contributed by atoms with Crippen molar-refractivity contribution >= 4 is 5.57 Å². The minimum atomic E-state index is -0.166. The fourth-order valence-corrected chi connectivity index (χ4v) is 3.74. The fraction of sp³-hybridized carbons (Fsp3) is 0.333. The molecule has 0 radical (unpaired) electrons. The molecular formula is C21H22FNO. The summed E-state index contributed by atoms with van der Waals surface area (Å²) in [5.41, 5.74) is 3.88. The third-order valence-corrected chi connectivity index (χ3v) is 4.92. The molecule has 124 valence electrons. The first kappa shape index (κ1) is 15.4. The summed E-state index contributed by atoms with van der Waals surface area (Å²) >= 11 is 0. The molecule has 2 aliphatic rings. The first-order chi connectivity index (χ1) is 11.8. The van der Waals surface area contributed by atoms with Crippen LogP contribution in [0.15, 0.2) is 54.1 Å². The largest absolute Gasteiger partial charge is 0.489 e. The van der Waals surface area contributed by atoms with Gasteiger partial charge in [0.15, 0.2) is 0 Å². The third kappa shape index (κ3) is 2.96. The van der Waals surface area contributed by atoms with Crippen molar-refractivity contribution in [1.82, 2.24) is 4.90 Å². The molecule has 3 heteroatoms. The highest BCUT2D eigenvalue weighted by Gasteiger charge is 2.24. The van der Waals surface area contributed by atoms with Gasteiger partial charge in [-0.2, -0.15) is 0 Å². The second-order valence-electron chi connectivity index (χ2n) is 6.58. The summed E-state index contributed by atoms with van der Waals surface area (Å²) in [6.45, 7) is 3.64. The van der Waals surface area contributed by atoms with Gasteiger partial charge in [-0.15, -0.1) is 0 Å². The summed E-state index contributed by atoms with van der Waals surface area (Å²) in [6, 6.07) is 15.0. The molecule has 0 saturated carbocycles. The van der Waals surface area contributed by atoms with E-state index < -0.39 is 0 Å². The Hall–Kier alpha value is -2.13. The van der Waals surface area contributed by atoms with Crippen LogP contribution in [0.3, 0.4) is 0 Å². The number of likely N-dealkylation sites (tertiary alicyclic amines) is 1. The Morgan fingerprint density at radius 2 is 1.58 bits per heavy atom. The Morgan fingerprint density at radius 1 is 0.875 bits per heavy atom. The van der Waals surface area contributed by atoms with Gasteiger partial charge in [-0.05, 0) is 49.2 Å². The normalized spacial score (nSPS) is 18.2. The molecule has 0 aromatic heterocycles. The maximum atomic E-state index is 14.5. The van der Waals surface area contributed by atoms with Crippen molar-refractivity contribution in [2.24, 2.45) is 0 Å². The van der Waals surface area contributed by atoms with Gasteiger partial charge in [0.25, 0.3) is 0 Å². The molecular weight excluding hydrogens is 301 g/mol. The zero-order chi connectivity index (χ0) is 16.4. The van der Waals surface area contributed by atoms with Gasteiger partial charge in [-0.3, -0.25) is 4.90 Å². The molecule has 2 aromatic rings. The van der Waals surface area contributed by atoms with Gasteiger partial charge >= 0.3 is 0 Å². The van der Waals surface area contributed by atoms with Crippen molar-refractivity contribution in [1.29, 1.82) is 0 Å². The van der Waals surface area contributed by atoms with Crippen LogP contribution in [0.5, 0.6) is 5.75 Å². The molecule has 0 unspecified atom stereocenters. The molecule has 24 heavy (non-hydrogen) atoms. The minimum absolute atomic E-state index is 0.166. The molecule has 1 fully saturated rings. The Morgan fingerprint density at radius 3 is 2.38 bits per heavy atom. The lowest BCUT2D eigenvalue weighted by Gasteiger charge is -2.31. The van der Waals surface area contributed by atoms with Crippen LogP contribution >= 0.6 is 0 Å². The number of nitrogens with zero attached hydrogens (tertiary/aromatic N) is 1. The van der Waals surface area contributed by atoms with E-state index in [1.807, 2.05) is 36.4 Å². The number of hydrogen-bond donors (Lipinski definition) is 0. The number of benzene rings is 2. The Kier molecular flexibility index (Phi) is 4.35. The summed E-state index contributed by atoms with van der Waals surface area (Å²) in [5.74, 6) is 0.679. The molecule has 2 aromatic carbocycles. The van der Waals surface area contributed by atoms with E-state index in [2.05, 4.69) is 4.90 Å². The predicted molar refractivity (Wildman–Crippen MR) is 94.7 cm³/mol. The smallest absolute Gasteiger partial charge is 0.131 e. The number of hydrogen-bond acceptors (Lipinski definition) is 2. The highest BCUT2D eigenvalue weighted by atomic mass is 19.1. The highest BCUT2D eigenvalue weighted by molar-refractivity contribution is 5.86. The van der Waals surface area contributed by atoms with E-state index in [0.717, 1.165) is 36.5 Å². The van der Waals surface area contributed by atoms with Gasteiger partial charge in [0.05, 0.1) is 0 Å².